The van der Waals surface area contributed by atoms with Gasteiger partial charge in [0.15, 0.2) is 0 Å². The molecule has 0 atom stereocenters. The van der Waals surface area contributed by atoms with Gasteiger partial charge in [-0.2, -0.15) is 0 Å². The molecule has 0 aromatic carbocycles. The molecule has 16 heavy (non-hydrogen) atoms. The van der Waals surface area contributed by atoms with E-state index in [9.17, 15) is 0 Å². The normalized spacial score (nSPS) is 12.5. The molecule has 98 valence electrons. The van der Waals surface area contributed by atoms with Crippen LogP contribution in [0.4, 0.5) is 0 Å². The zero-order chi connectivity index (χ0) is 13.1. The van der Waals surface area contributed by atoms with E-state index >= 15 is 0 Å². The average molecular weight is 230 g/mol. The van der Waals surface area contributed by atoms with Crippen LogP contribution in [0, 0.1) is 0 Å². The lowest BCUT2D eigenvalue weighted by molar-refractivity contribution is 0.277. The van der Waals surface area contributed by atoms with Crippen LogP contribution in [0.1, 0.15) is 45.4 Å². The minimum atomic E-state index is 0.250. The monoisotopic (exact) mass is 230 g/mol. The van der Waals surface area contributed by atoms with Crippen LogP contribution in [0.25, 0.3) is 0 Å². The summed E-state index contributed by atoms with van der Waals surface area (Å²) in [5.74, 6) is 0. The Morgan fingerprint density at radius 1 is 0.938 bits per heavy atom. The number of ether oxygens (including phenoxy) is 1. The van der Waals surface area contributed by atoms with Crippen molar-refractivity contribution in [1.82, 2.24) is 0 Å². The van der Waals surface area contributed by atoms with Crippen LogP contribution in [-0.4, -0.2) is 25.9 Å². The molecule has 0 heterocycles. The van der Waals surface area contributed by atoms with Crippen molar-refractivity contribution in [1.29, 1.82) is 0 Å². The molecule has 0 aromatic rings. The van der Waals surface area contributed by atoms with E-state index in [1.165, 1.54) is 38.5 Å². The molecule has 2 heteroatoms. The fourth-order valence-corrected chi connectivity index (χ4v) is 1.06. The number of methoxy groups -OCH3 is 1. The fourth-order valence-electron chi connectivity index (χ4n) is 1.06. The van der Waals surface area contributed by atoms with Crippen LogP contribution in [0.2, 0.25) is 0 Å². The Morgan fingerprint density at radius 3 is 1.12 bits per heavy atom. The zero-order valence-corrected chi connectivity index (χ0v) is 11.4. The van der Waals surface area contributed by atoms with Crippen molar-refractivity contribution >= 4 is 0 Å². The van der Waals surface area contributed by atoms with Gasteiger partial charge in [-0.25, -0.2) is 0 Å². The van der Waals surface area contributed by atoms with Gasteiger partial charge >= 0.3 is 0 Å². The summed E-state index contributed by atoms with van der Waals surface area (Å²) < 4.78 is 4.25. The third kappa shape index (κ3) is 50.3. The molecule has 2 nitrogen and oxygen atoms in total. The summed E-state index contributed by atoms with van der Waals surface area (Å²) in [6.07, 6.45) is 12.3. The molecule has 1 aliphatic rings. The van der Waals surface area contributed by atoms with E-state index in [0.29, 0.717) is 0 Å². The Hall–Kier alpha value is -0.600. The van der Waals surface area contributed by atoms with Crippen molar-refractivity contribution in [2.45, 2.75) is 45.4 Å². The number of hydrogen-bond acceptors (Lipinski definition) is 2. The lowest BCUT2D eigenvalue weighted by Gasteiger charge is -2.05. The third-order valence-electron chi connectivity index (χ3n) is 1.67. The summed E-state index contributed by atoms with van der Waals surface area (Å²) in [5, 5.41) is 7.57. The van der Waals surface area contributed by atoms with Gasteiger partial charge in [-0.05, 0) is 6.92 Å². The summed E-state index contributed by atoms with van der Waals surface area (Å²) in [6, 6.07) is 0. The van der Waals surface area contributed by atoms with Crippen molar-refractivity contribution < 1.29 is 9.84 Å². The molecule has 0 bridgehead atoms. The van der Waals surface area contributed by atoms with Crippen LogP contribution < -0.4 is 0 Å². The molecule has 0 aliphatic heterocycles. The molecular formula is C14H30O2. The maximum absolute atomic E-state index is 7.57. The summed E-state index contributed by atoms with van der Waals surface area (Å²) >= 11 is 0. The first kappa shape index (κ1) is 20.8. The SMILES string of the molecule is C1CCCCC1.C=CC=C.CCO.COC. The number of rotatable bonds is 1. The van der Waals surface area contributed by atoms with Gasteiger partial charge in [-0.15, -0.1) is 0 Å². The Labute approximate surface area is 102 Å². The molecule has 0 saturated heterocycles. The van der Waals surface area contributed by atoms with Crippen LogP contribution in [0.3, 0.4) is 0 Å². The van der Waals surface area contributed by atoms with Crippen molar-refractivity contribution in [3.05, 3.63) is 25.3 Å². The lowest BCUT2D eigenvalue weighted by atomic mass is 10.0. The van der Waals surface area contributed by atoms with E-state index < -0.39 is 0 Å². The maximum Gasteiger partial charge on any atom is 0.0402 e. The van der Waals surface area contributed by atoms with Gasteiger partial charge in [0.05, 0.1) is 0 Å². The van der Waals surface area contributed by atoms with Crippen molar-refractivity contribution in [3.63, 3.8) is 0 Å². The molecule has 1 aliphatic carbocycles. The lowest BCUT2D eigenvalue weighted by Crippen LogP contribution is -1.85. The molecule has 0 amide bonds. The first-order valence-electron chi connectivity index (χ1n) is 5.99. The largest absolute Gasteiger partial charge is 0.397 e. The second-order valence-corrected chi connectivity index (χ2v) is 3.32. The molecule has 0 unspecified atom stereocenters. The quantitative estimate of drug-likeness (QED) is 0.691. The average Bonchev–Trinajstić information content (AvgIpc) is 2.34. The Kier molecular flexibility index (Phi) is 38.0. The predicted molar refractivity (Wildman–Crippen MR) is 73.8 cm³/mol. The second kappa shape index (κ2) is 29.3. The number of aliphatic hydroxyl groups excluding tert-OH is 1. The molecule has 1 N–H and O–H groups in total. The Bertz CT molecular complexity index is 87.8. The van der Waals surface area contributed by atoms with E-state index in [4.69, 9.17) is 5.11 Å². The Balaban J connectivity index is -0.000000150. The fraction of sp³-hybridized carbons (Fsp3) is 0.714. The standard InChI is InChI=1S/C6H12.C4H6.2C2H6O/c1-2-4-6-5-3-1;1-3-4-2;1-3-2;1-2-3/h1-6H2;3-4H,1-2H2;1-2H3;3H,2H2,1H3. The highest BCUT2D eigenvalue weighted by atomic mass is 16.4. The van der Waals surface area contributed by atoms with E-state index in [1.54, 1.807) is 33.3 Å². The number of allylic oxidation sites excluding steroid dienone is 2. The highest BCUT2D eigenvalue weighted by molar-refractivity contribution is 4.88. The molecule has 1 rings (SSSR count). The summed E-state index contributed by atoms with van der Waals surface area (Å²) in [6.45, 7) is 8.65. The highest BCUT2D eigenvalue weighted by Crippen LogP contribution is 2.15. The first-order chi connectivity index (χ1) is 7.74. The van der Waals surface area contributed by atoms with Crippen LogP contribution in [0.5, 0.6) is 0 Å². The molecule has 0 spiro atoms. The summed E-state index contributed by atoms with van der Waals surface area (Å²) in [7, 11) is 3.25. The first-order valence-corrected chi connectivity index (χ1v) is 5.99. The Morgan fingerprint density at radius 2 is 1.06 bits per heavy atom. The highest BCUT2D eigenvalue weighted by Gasteiger charge is 1.95. The predicted octanol–water partition coefficient (Wildman–Crippen LogP) is 3.96. The molecule has 0 radical (unpaired) electrons. The molecular weight excluding hydrogens is 200 g/mol. The van der Waals surface area contributed by atoms with E-state index in [2.05, 4.69) is 17.9 Å². The summed E-state index contributed by atoms with van der Waals surface area (Å²) in [4.78, 5) is 0. The van der Waals surface area contributed by atoms with Crippen molar-refractivity contribution in [2.24, 2.45) is 0 Å². The van der Waals surface area contributed by atoms with Gasteiger partial charge in [0.2, 0.25) is 0 Å². The van der Waals surface area contributed by atoms with Crippen molar-refractivity contribution in [2.75, 3.05) is 20.8 Å². The van der Waals surface area contributed by atoms with Gasteiger partial charge in [0.1, 0.15) is 0 Å². The molecule has 0 aromatic heterocycles. The number of aliphatic hydroxyl groups is 1. The minimum absolute atomic E-state index is 0.250. The van der Waals surface area contributed by atoms with Crippen LogP contribution in [0.15, 0.2) is 25.3 Å². The van der Waals surface area contributed by atoms with E-state index in [-0.39, 0.29) is 6.61 Å². The van der Waals surface area contributed by atoms with Gasteiger partial charge in [-0.3, -0.25) is 0 Å². The third-order valence-corrected chi connectivity index (χ3v) is 1.67. The summed E-state index contributed by atoms with van der Waals surface area (Å²) in [5.41, 5.74) is 0. The van der Waals surface area contributed by atoms with Crippen LogP contribution >= 0.6 is 0 Å². The minimum Gasteiger partial charge on any atom is -0.397 e. The maximum atomic E-state index is 7.57. The second-order valence-electron chi connectivity index (χ2n) is 3.32. The van der Waals surface area contributed by atoms with Gasteiger partial charge < -0.3 is 9.84 Å². The van der Waals surface area contributed by atoms with Gasteiger partial charge in [-0.1, -0.05) is 63.8 Å². The van der Waals surface area contributed by atoms with Gasteiger partial charge in [0, 0.05) is 20.8 Å². The topological polar surface area (TPSA) is 29.5 Å². The molecule has 1 fully saturated rings. The van der Waals surface area contributed by atoms with Crippen LogP contribution in [-0.2, 0) is 4.74 Å². The van der Waals surface area contributed by atoms with E-state index in [0.717, 1.165) is 0 Å². The number of hydrogen-bond donors (Lipinski definition) is 1. The van der Waals surface area contributed by atoms with E-state index in [1.807, 2.05) is 0 Å². The molecule has 1 saturated carbocycles. The van der Waals surface area contributed by atoms with Gasteiger partial charge in [0.25, 0.3) is 0 Å². The smallest absolute Gasteiger partial charge is 0.0402 e. The zero-order valence-electron chi connectivity index (χ0n) is 11.4. The van der Waals surface area contributed by atoms with Crippen molar-refractivity contribution in [3.8, 4) is 0 Å².